The molecule has 1 fully saturated rings. The number of halogens is 1. The monoisotopic (exact) mass is 374 g/mol. The minimum Gasteiger partial charge on any atom is -0.376 e. The van der Waals surface area contributed by atoms with Gasteiger partial charge in [0, 0.05) is 18.0 Å². The zero-order valence-corrected chi connectivity index (χ0v) is 15.6. The van der Waals surface area contributed by atoms with Crippen LogP contribution in [0.4, 0.5) is 9.18 Å². The predicted octanol–water partition coefficient (Wildman–Crippen LogP) is 4.44. The molecule has 2 amide bonds. The Morgan fingerprint density at radius 1 is 1.35 bits per heavy atom. The van der Waals surface area contributed by atoms with Gasteiger partial charge in [0.05, 0.1) is 18.2 Å². The predicted molar refractivity (Wildman–Crippen MR) is 99.8 cm³/mol. The van der Waals surface area contributed by atoms with E-state index >= 15 is 0 Å². The van der Waals surface area contributed by atoms with Crippen LogP contribution in [0.2, 0.25) is 0 Å². The van der Waals surface area contributed by atoms with Gasteiger partial charge in [0.2, 0.25) is 0 Å². The lowest BCUT2D eigenvalue weighted by Crippen LogP contribution is -2.47. The Bertz CT molecular complexity index is 770. The Morgan fingerprint density at radius 3 is 2.88 bits per heavy atom. The van der Waals surface area contributed by atoms with E-state index in [4.69, 9.17) is 4.74 Å². The number of benzene rings is 1. The Kier molecular flexibility index (Phi) is 4.96. The Morgan fingerprint density at radius 2 is 2.15 bits per heavy atom. The molecule has 0 unspecified atom stereocenters. The molecule has 0 spiro atoms. The van der Waals surface area contributed by atoms with E-state index in [1.54, 1.807) is 23.5 Å². The first-order chi connectivity index (χ1) is 12.6. The molecule has 26 heavy (non-hydrogen) atoms. The number of hydrogen-bond acceptors (Lipinski definition) is 3. The van der Waals surface area contributed by atoms with Crippen LogP contribution in [0.1, 0.15) is 47.9 Å². The quantitative estimate of drug-likeness (QED) is 0.863. The van der Waals surface area contributed by atoms with E-state index in [2.05, 4.69) is 23.7 Å². The molecule has 1 saturated heterocycles. The van der Waals surface area contributed by atoms with Crippen molar-refractivity contribution in [1.29, 1.82) is 0 Å². The lowest BCUT2D eigenvalue weighted by Gasteiger charge is -2.36. The fourth-order valence-electron chi connectivity index (χ4n) is 3.93. The number of hydrogen-bond donors (Lipinski definition) is 1. The lowest BCUT2D eigenvalue weighted by molar-refractivity contribution is 0.0764. The van der Waals surface area contributed by atoms with Gasteiger partial charge in [-0.05, 0) is 60.9 Å². The lowest BCUT2D eigenvalue weighted by atomic mass is 9.98. The highest BCUT2D eigenvalue weighted by atomic mass is 32.1. The minimum atomic E-state index is -0.277. The highest BCUT2D eigenvalue weighted by Gasteiger charge is 2.33. The summed E-state index contributed by atoms with van der Waals surface area (Å²) in [5.41, 5.74) is 2.12. The maximum atomic E-state index is 13.3. The minimum absolute atomic E-state index is 0.0587. The first-order valence-electron chi connectivity index (χ1n) is 9.14. The SMILES string of the molecule is C[C@@H]1c2ccsc2CCN1C(=O)N[C@H](c1ccc(F)cc1)[C@H]1CCCO1. The number of thiophene rings is 1. The van der Waals surface area contributed by atoms with Crippen molar-refractivity contribution >= 4 is 17.4 Å². The van der Waals surface area contributed by atoms with Crippen LogP contribution in [-0.2, 0) is 11.2 Å². The van der Waals surface area contributed by atoms with Crippen molar-refractivity contribution in [3.8, 4) is 0 Å². The third kappa shape index (κ3) is 3.35. The van der Waals surface area contributed by atoms with E-state index in [0.717, 1.165) is 24.8 Å². The van der Waals surface area contributed by atoms with Crippen molar-refractivity contribution in [3.05, 3.63) is 57.5 Å². The van der Waals surface area contributed by atoms with Crippen LogP contribution in [0.3, 0.4) is 0 Å². The number of rotatable bonds is 3. The second-order valence-electron chi connectivity index (χ2n) is 6.95. The largest absolute Gasteiger partial charge is 0.376 e. The molecule has 1 aromatic carbocycles. The average Bonchev–Trinajstić information content (AvgIpc) is 3.33. The number of carbonyl (C=O) groups is 1. The number of ether oxygens (including phenoxy) is 1. The van der Waals surface area contributed by atoms with Crippen molar-refractivity contribution in [2.75, 3.05) is 13.2 Å². The van der Waals surface area contributed by atoms with E-state index in [-0.39, 0.29) is 30.0 Å². The smallest absolute Gasteiger partial charge is 0.318 e. The summed E-state index contributed by atoms with van der Waals surface area (Å²) in [6, 6.07) is 8.16. The maximum absolute atomic E-state index is 13.3. The van der Waals surface area contributed by atoms with Crippen LogP contribution in [0, 0.1) is 5.82 Å². The fraction of sp³-hybridized carbons (Fsp3) is 0.450. The van der Waals surface area contributed by atoms with E-state index in [1.165, 1.54) is 22.6 Å². The normalized spacial score (nSPS) is 23.5. The van der Waals surface area contributed by atoms with Crippen LogP contribution in [0.5, 0.6) is 0 Å². The number of nitrogens with one attached hydrogen (secondary N) is 1. The van der Waals surface area contributed by atoms with E-state index < -0.39 is 0 Å². The van der Waals surface area contributed by atoms with Crippen LogP contribution in [0.25, 0.3) is 0 Å². The van der Waals surface area contributed by atoms with Crippen LogP contribution >= 0.6 is 11.3 Å². The molecule has 3 atom stereocenters. The molecule has 1 aromatic heterocycles. The van der Waals surface area contributed by atoms with Crippen molar-refractivity contribution < 1.29 is 13.9 Å². The van der Waals surface area contributed by atoms with Crippen molar-refractivity contribution in [3.63, 3.8) is 0 Å². The van der Waals surface area contributed by atoms with Crippen LogP contribution in [-0.4, -0.2) is 30.2 Å². The fourth-order valence-corrected chi connectivity index (χ4v) is 4.89. The summed E-state index contributed by atoms with van der Waals surface area (Å²) >= 11 is 1.76. The van der Waals surface area contributed by atoms with Gasteiger partial charge in [0.15, 0.2) is 0 Å². The van der Waals surface area contributed by atoms with Gasteiger partial charge < -0.3 is 15.0 Å². The van der Waals surface area contributed by atoms with Gasteiger partial charge in [0.25, 0.3) is 0 Å². The third-order valence-corrected chi connectivity index (χ3v) is 6.38. The van der Waals surface area contributed by atoms with E-state index in [1.807, 2.05) is 4.90 Å². The zero-order valence-electron chi connectivity index (χ0n) is 14.8. The molecule has 0 bridgehead atoms. The first kappa shape index (κ1) is 17.5. The number of urea groups is 1. The summed E-state index contributed by atoms with van der Waals surface area (Å²) in [4.78, 5) is 16.3. The zero-order chi connectivity index (χ0) is 18.1. The van der Waals surface area contributed by atoms with Crippen molar-refractivity contribution in [2.45, 2.75) is 44.4 Å². The molecule has 1 N–H and O–H groups in total. The third-order valence-electron chi connectivity index (χ3n) is 5.38. The second-order valence-corrected chi connectivity index (χ2v) is 7.95. The number of nitrogens with zero attached hydrogens (tertiary/aromatic N) is 1. The summed E-state index contributed by atoms with van der Waals surface area (Å²) in [6.45, 7) is 3.49. The Balaban J connectivity index is 1.53. The van der Waals surface area contributed by atoms with Gasteiger partial charge >= 0.3 is 6.03 Å². The van der Waals surface area contributed by atoms with Crippen molar-refractivity contribution in [2.24, 2.45) is 0 Å². The summed E-state index contributed by atoms with van der Waals surface area (Å²) in [7, 11) is 0. The van der Waals surface area contributed by atoms with Gasteiger partial charge in [-0.3, -0.25) is 0 Å². The first-order valence-corrected chi connectivity index (χ1v) is 10.0. The molecule has 2 aliphatic heterocycles. The van der Waals surface area contributed by atoms with Gasteiger partial charge in [-0.2, -0.15) is 0 Å². The molecule has 0 saturated carbocycles. The summed E-state index contributed by atoms with van der Waals surface area (Å²) in [5, 5.41) is 5.25. The van der Waals surface area contributed by atoms with Gasteiger partial charge in [-0.1, -0.05) is 12.1 Å². The highest BCUT2D eigenvalue weighted by Crippen LogP contribution is 2.34. The number of amides is 2. The number of carbonyl (C=O) groups excluding carboxylic acids is 1. The van der Waals surface area contributed by atoms with E-state index in [0.29, 0.717) is 13.2 Å². The maximum Gasteiger partial charge on any atom is 0.318 e. The molecular formula is C20H23FN2O2S. The van der Waals surface area contributed by atoms with Gasteiger partial charge in [-0.25, -0.2) is 9.18 Å². The highest BCUT2D eigenvalue weighted by molar-refractivity contribution is 7.10. The molecule has 4 rings (SSSR count). The second kappa shape index (κ2) is 7.37. The van der Waals surface area contributed by atoms with Gasteiger partial charge in [0.1, 0.15) is 5.82 Å². The summed E-state index contributed by atoms with van der Waals surface area (Å²) in [6.07, 6.45) is 2.70. The van der Waals surface area contributed by atoms with Crippen molar-refractivity contribution in [1.82, 2.24) is 10.2 Å². The number of fused-ring (bicyclic) bond motifs is 1. The molecule has 2 aromatic rings. The van der Waals surface area contributed by atoms with Crippen LogP contribution in [0.15, 0.2) is 35.7 Å². The Hall–Kier alpha value is -1.92. The van der Waals surface area contributed by atoms with E-state index in [9.17, 15) is 9.18 Å². The topological polar surface area (TPSA) is 41.6 Å². The molecule has 3 heterocycles. The van der Waals surface area contributed by atoms with Gasteiger partial charge in [-0.15, -0.1) is 11.3 Å². The molecule has 0 aliphatic carbocycles. The molecule has 6 heteroatoms. The average molecular weight is 374 g/mol. The standard InChI is InChI=1S/C20H23FN2O2S/c1-13-16-9-12-26-18(16)8-10-23(13)20(24)22-19(17-3-2-11-25-17)14-4-6-15(21)7-5-14/h4-7,9,12-13,17,19H,2-3,8,10-11H2,1H3,(H,22,24)/t13-,17-,19-/m1/s1. The van der Waals surface area contributed by atoms with Crippen LogP contribution < -0.4 is 5.32 Å². The molecule has 0 radical (unpaired) electrons. The summed E-state index contributed by atoms with van der Waals surface area (Å²) in [5.74, 6) is -0.277. The molecular weight excluding hydrogens is 351 g/mol. The Labute approximate surface area is 157 Å². The molecule has 2 aliphatic rings. The molecule has 4 nitrogen and oxygen atoms in total. The summed E-state index contributed by atoms with van der Waals surface area (Å²) < 4.78 is 19.1. The molecule has 138 valence electrons.